The van der Waals surface area contributed by atoms with Crippen LogP contribution in [0, 0.1) is 11.3 Å². The third kappa shape index (κ3) is 4.81. The Morgan fingerprint density at radius 1 is 1.39 bits per heavy atom. The summed E-state index contributed by atoms with van der Waals surface area (Å²) in [6.45, 7) is 5.87. The van der Waals surface area contributed by atoms with Gasteiger partial charge in [0, 0.05) is 57.2 Å². The minimum Gasteiger partial charge on any atom is -0.379 e. The number of carbonyl (C=O) groups is 1. The number of fused-ring (bicyclic) bond motifs is 1. The number of nitrogens with zero attached hydrogens (tertiary/aromatic N) is 2. The topological polar surface area (TPSA) is 63.7 Å². The molecule has 4 rings (SSSR count). The van der Waals surface area contributed by atoms with Gasteiger partial charge in [-0.15, -0.1) is 0 Å². The van der Waals surface area contributed by atoms with Gasteiger partial charge in [0.05, 0.1) is 23.7 Å². The first-order chi connectivity index (χ1) is 15.6. The quantitative estimate of drug-likeness (QED) is 0.673. The van der Waals surface area contributed by atoms with Gasteiger partial charge in [0.15, 0.2) is 0 Å². The molecule has 3 heterocycles. The van der Waals surface area contributed by atoms with E-state index in [4.69, 9.17) is 9.47 Å². The summed E-state index contributed by atoms with van der Waals surface area (Å²) in [4.78, 5) is 19.5. The van der Waals surface area contributed by atoms with Crippen LogP contribution in [0.5, 0.6) is 0 Å². The molecule has 1 unspecified atom stereocenters. The number of alkyl halides is 3. The standard InChI is InChI=1S/C24H32F3N3O3/c1-15(2)23(7-4-18(11-23)29-20-6-9-33-14-21(20)32-3)22(31)30-8-5-19-16(13-30)10-17(12-28-19)24(25,26)27/h4,7,10,12,15,18,20-21,29H,5-6,8-9,11,13-14H2,1-3H3/t18-,20+,21?,23+/m1/s1. The lowest BCUT2D eigenvalue weighted by Crippen LogP contribution is -2.52. The number of pyridine rings is 1. The molecule has 1 aliphatic carbocycles. The maximum absolute atomic E-state index is 13.8. The molecule has 1 aromatic heterocycles. The van der Waals surface area contributed by atoms with Crippen LogP contribution in [-0.4, -0.2) is 60.8 Å². The van der Waals surface area contributed by atoms with Crippen LogP contribution in [-0.2, 0) is 33.4 Å². The summed E-state index contributed by atoms with van der Waals surface area (Å²) in [5.41, 5.74) is -0.358. The van der Waals surface area contributed by atoms with Gasteiger partial charge >= 0.3 is 6.18 Å². The first kappa shape index (κ1) is 24.2. The minimum atomic E-state index is -4.45. The van der Waals surface area contributed by atoms with Crippen LogP contribution >= 0.6 is 0 Å². The zero-order chi connectivity index (χ0) is 23.8. The van der Waals surface area contributed by atoms with Gasteiger partial charge in [-0.3, -0.25) is 9.78 Å². The van der Waals surface area contributed by atoms with Crippen LogP contribution in [0.15, 0.2) is 24.4 Å². The van der Waals surface area contributed by atoms with Gasteiger partial charge < -0.3 is 19.7 Å². The minimum absolute atomic E-state index is 0.0210. The van der Waals surface area contributed by atoms with Crippen molar-refractivity contribution in [2.24, 2.45) is 11.3 Å². The second kappa shape index (κ2) is 9.35. The Labute approximate surface area is 192 Å². The second-order valence-corrected chi connectivity index (χ2v) is 9.58. The van der Waals surface area contributed by atoms with E-state index >= 15 is 0 Å². The molecule has 3 aliphatic rings. The van der Waals surface area contributed by atoms with Gasteiger partial charge in [0.1, 0.15) is 0 Å². The largest absolute Gasteiger partial charge is 0.417 e. The SMILES string of the molecule is COC1COCC[C@@H]1N[C@@H]1C=C[C@@](C(=O)N2CCc3ncc(C(F)(F)F)cc3C2)(C(C)C)C1. The van der Waals surface area contributed by atoms with Gasteiger partial charge in [-0.1, -0.05) is 26.0 Å². The van der Waals surface area contributed by atoms with Crippen molar-refractivity contribution < 1.29 is 27.4 Å². The molecule has 33 heavy (non-hydrogen) atoms. The molecular formula is C24H32F3N3O3. The molecule has 0 bridgehead atoms. The molecule has 182 valence electrons. The lowest BCUT2D eigenvalue weighted by molar-refractivity contribution is -0.143. The number of halogens is 3. The summed E-state index contributed by atoms with van der Waals surface area (Å²) in [5, 5.41) is 3.63. The van der Waals surface area contributed by atoms with E-state index in [1.807, 2.05) is 19.9 Å². The number of hydrogen-bond acceptors (Lipinski definition) is 5. The van der Waals surface area contributed by atoms with Crippen molar-refractivity contribution in [1.82, 2.24) is 15.2 Å². The molecule has 1 fully saturated rings. The van der Waals surface area contributed by atoms with Crippen LogP contribution in [0.25, 0.3) is 0 Å². The van der Waals surface area contributed by atoms with Crippen molar-refractivity contribution in [3.05, 3.63) is 41.2 Å². The zero-order valence-corrected chi connectivity index (χ0v) is 19.3. The molecule has 1 saturated heterocycles. The predicted molar refractivity (Wildman–Crippen MR) is 116 cm³/mol. The Bertz CT molecular complexity index is 905. The Kier molecular flexibility index (Phi) is 6.85. The highest BCUT2D eigenvalue weighted by Gasteiger charge is 2.47. The Morgan fingerprint density at radius 3 is 2.88 bits per heavy atom. The predicted octanol–water partition coefficient (Wildman–Crippen LogP) is 3.35. The average Bonchev–Trinajstić information content (AvgIpc) is 3.23. The monoisotopic (exact) mass is 467 g/mol. The summed E-state index contributed by atoms with van der Waals surface area (Å²) >= 11 is 0. The van der Waals surface area contributed by atoms with E-state index in [-0.39, 0.29) is 36.6 Å². The molecule has 1 N–H and O–H groups in total. The summed E-state index contributed by atoms with van der Waals surface area (Å²) in [6.07, 6.45) is 2.35. The van der Waals surface area contributed by atoms with E-state index in [2.05, 4.69) is 16.4 Å². The number of aromatic nitrogens is 1. The van der Waals surface area contributed by atoms with Gasteiger partial charge in [-0.2, -0.15) is 13.2 Å². The molecule has 6 nitrogen and oxygen atoms in total. The number of nitrogens with one attached hydrogen (secondary N) is 1. The summed E-state index contributed by atoms with van der Waals surface area (Å²) in [5.74, 6) is 0.0124. The zero-order valence-electron chi connectivity index (χ0n) is 19.3. The van der Waals surface area contributed by atoms with E-state index in [0.29, 0.717) is 43.9 Å². The first-order valence-electron chi connectivity index (χ1n) is 11.5. The van der Waals surface area contributed by atoms with Crippen molar-refractivity contribution in [3.8, 4) is 0 Å². The van der Waals surface area contributed by atoms with Crippen molar-refractivity contribution in [1.29, 1.82) is 0 Å². The molecule has 0 saturated carbocycles. The van der Waals surface area contributed by atoms with E-state index in [1.54, 1.807) is 12.0 Å². The van der Waals surface area contributed by atoms with Crippen LogP contribution < -0.4 is 5.32 Å². The lowest BCUT2D eigenvalue weighted by atomic mass is 9.74. The van der Waals surface area contributed by atoms with E-state index in [1.165, 1.54) is 0 Å². The first-order valence-corrected chi connectivity index (χ1v) is 11.5. The third-order valence-corrected chi connectivity index (χ3v) is 7.30. The van der Waals surface area contributed by atoms with Gasteiger partial charge in [-0.25, -0.2) is 0 Å². The highest BCUT2D eigenvalue weighted by atomic mass is 19.4. The molecule has 0 aromatic carbocycles. The number of carbonyl (C=O) groups excluding carboxylic acids is 1. The number of ether oxygens (including phenoxy) is 2. The Hall–Kier alpha value is -1.97. The maximum Gasteiger partial charge on any atom is 0.417 e. The van der Waals surface area contributed by atoms with Crippen molar-refractivity contribution >= 4 is 5.91 Å². The fraction of sp³-hybridized carbons (Fsp3) is 0.667. The number of amides is 1. The smallest absolute Gasteiger partial charge is 0.379 e. The van der Waals surface area contributed by atoms with Crippen LogP contribution in [0.4, 0.5) is 13.2 Å². The molecule has 1 aromatic rings. The van der Waals surface area contributed by atoms with Crippen LogP contribution in [0.2, 0.25) is 0 Å². The van der Waals surface area contributed by atoms with Crippen LogP contribution in [0.3, 0.4) is 0 Å². The molecule has 9 heteroatoms. The Balaban J connectivity index is 1.49. The Morgan fingerprint density at radius 2 is 2.18 bits per heavy atom. The fourth-order valence-corrected chi connectivity index (χ4v) is 5.19. The van der Waals surface area contributed by atoms with Crippen molar-refractivity contribution in [2.45, 2.75) is 64.0 Å². The molecule has 1 amide bonds. The third-order valence-electron chi connectivity index (χ3n) is 7.30. The maximum atomic E-state index is 13.8. The average molecular weight is 468 g/mol. The normalized spacial score (nSPS) is 30.0. The summed E-state index contributed by atoms with van der Waals surface area (Å²) in [7, 11) is 1.67. The summed E-state index contributed by atoms with van der Waals surface area (Å²) < 4.78 is 50.5. The van der Waals surface area contributed by atoms with Crippen LogP contribution in [0.1, 0.15) is 43.5 Å². The van der Waals surface area contributed by atoms with Gasteiger partial charge in [-0.05, 0) is 30.4 Å². The van der Waals surface area contributed by atoms with E-state index in [0.717, 1.165) is 18.7 Å². The van der Waals surface area contributed by atoms with Crippen molar-refractivity contribution in [3.63, 3.8) is 0 Å². The second-order valence-electron chi connectivity index (χ2n) is 9.58. The van der Waals surface area contributed by atoms with E-state index in [9.17, 15) is 18.0 Å². The number of rotatable bonds is 5. The van der Waals surface area contributed by atoms with E-state index < -0.39 is 17.2 Å². The highest BCUT2D eigenvalue weighted by Crippen LogP contribution is 2.42. The number of hydrogen-bond donors (Lipinski definition) is 1. The highest BCUT2D eigenvalue weighted by molar-refractivity contribution is 5.86. The molecule has 0 spiro atoms. The van der Waals surface area contributed by atoms with Gasteiger partial charge in [0.25, 0.3) is 0 Å². The fourth-order valence-electron chi connectivity index (χ4n) is 5.19. The molecule has 0 radical (unpaired) electrons. The molecule has 4 atom stereocenters. The van der Waals surface area contributed by atoms with Gasteiger partial charge in [0.2, 0.25) is 5.91 Å². The molecular weight excluding hydrogens is 435 g/mol. The lowest BCUT2D eigenvalue weighted by Gasteiger charge is -2.39. The summed E-state index contributed by atoms with van der Waals surface area (Å²) in [6, 6.07) is 1.30. The number of methoxy groups -OCH3 is 1. The molecule has 2 aliphatic heterocycles. The van der Waals surface area contributed by atoms with Crippen molar-refractivity contribution in [2.75, 3.05) is 26.9 Å².